The van der Waals surface area contributed by atoms with Crippen molar-refractivity contribution in [3.8, 4) is 0 Å². The fourth-order valence-corrected chi connectivity index (χ4v) is 1.54. The summed E-state index contributed by atoms with van der Waals surface area (Å²) in [7, 11) is 0. The predicted molar refractivity (Wildman–Crippen MR) is 46.9 cm³/mol. The molecular formula is C6H2ClF3IN. The van der Waals surface area contributed by atoms with Crippen LogP contribution in [0.15, 0.2) is 6.20 Å². The average molecular weight is 307 g/mol. The molecule has 0 aromatic carbocycles. The standard InChI is InChI=1S/C6H2ClF3IN/c7-5-3(8)4(11)2(1-12-5)6(9)10/h1,6H. The van der Waals surface area contributed by atoms with Crippen LogP contribution in [0.4, 0.5) is 13.2 Å². The Balaban J connectivity index is 3.27. The summed E-state index contributed by atoms with van der Waals surface area (Å²) < 4.78 is 36.8. The van der Waals surface area contributed by atoms with Crippen LogP contribution in [0.3, 0.4) is 0 Å². The van der Waals surface area contributed by atoms with Gasteiger partial charge in [-0.1, -0.05) is 11.6 Å². The molecule has 0 radical (unpaired) electrons. The first-order chi connectivity index (χ1) is 5.54. The van der Waals surface area contributed by atoms with Crippen LogP contribution in [-0.4, -0.2) is 4.98 Å². The summed E-state index contributed by atoms with van der Waals surface area (Å²) in [4.78, 5) is 3.27. The second-order valence-electron chi connectivity index (χ2n) is 1.93. The number of hydrogen-bond donors (Lipinski definition) is 0. The quantitative estimate of drug-likeness (QED) is 0.572. The number of halogens is 5. The molecule has 1 heterocycles. The minimum Gasteiger partial charge on any atom is -0.241 e. The Morgan fingerprint density at radius 3 is 2.58 bits per heavy atom. The summed E-state index contributed by atoms with van der Waals surface area (Å²) >= 11 is 6.72. The number of aromatic nitrogens is 1. The van der Waals surface area contributed by atoms with Gasteiger partial charge in [0, 0.05) is 6.20 Å². The Morgan fingerprint density at radius 1 is 1.50 bits per heavy atom. The molecule has 0 saturated carbocycles. The van der Waals surface area contributed by atoms with E-state index in [1.165, 1.54) is 22.6 Å². The molecule has 0 aliphatic heterocycles. The van der Waals surface area contributed by atoms with Crippen LogP contribution >= 0.6 is 34.2 Å². The van der Waals surface area contributed by atoms with Crippen molar-refractivity contribution in [1.29, 1.82) is 0 Å². The number of rotatable bonds is 1. The maximum Gasteiger partial charge on any atom is 0.266 e. The van der Waals surface area contributed by atoms with Gasteiger partial charge < -0.3 is 0 Å². The highest BCUT2D eigenvalue weighted by molar-refractivity contribution is 14.1. The van der Waals surface area contributed by atoms with Crippen LogP contribution in [0.2, 0.25) is 5.15 Å². The molecular weight excluding hydrogens is 305 g/mol. The van der Waals surface area contributed by atoms with Gasteiger partial charge in [0.15, 0.2) is 11.0 Å². The Labute approximate surface area is 85.1 Å². The zero-order valence-electron chi connectivity index (χ0n) is 5.49. The molecule has 1 aromatic heterocycles. The average Bonchev–Trinajstić information content (AvgIpc) is 2.00. The van der Waals surface area contributed by atoms with E-state index in [2.05, 4.69) is 4.98 Å². The van der Waals surface area contributed by atoms with Crippen molar-refractivity contribution in [3.63, 3.8) is 0 Å². The van der Waals surface area contributed by atoms with Crippen LogP contribution in [0.25, 0.3) is 0 Å². The van der Waals surface area contributed by atoms with Crippen LogP contribution in [-0.2, 0) is 0 Å². The molecule has 66 valence electrons. The highest BCUT2D eigenvalue weighted by Crippen LogP contribution is 2.27. The second kappa shape index (κ2) is 3.78. The third-order valence-corrected chi connectivity index (χ3v) is 2.54. The molecule has 0 fully saturated rings. The number of hydrogen-bond acceptors (Lipinski definition) is 1. The van der Waals surface area contributed by atoms with Gasteiger partial charge in [-0.15, -0.1) is 0 Å². The van der Waals surface area contributed by atoms with E-state index in [0.29, 0.717) is 0 Å². The molecule has 0 bridgehead atoms. The molecule has 0 amide bonds. The lowest BCUT2D eigenvalue weighted by atomic mass is 10.3. The topological polar surface area (TPSA) is 12.9 Å². The van der Waals surface area contributed by atoms with Crippen molar-refractivity contribution < 1.29 is 13.2 Å². The summed E-state index contributed by atoms with van der Waals surface area (Å²) in [5.41, 5.74) is -0.433. The van der Waals surface area contributed by atoms with E-state index in [1.54, 1.807) is 0 Å². The van der Waals surface area contributed by atoms with E-state index in [4.69, 9.17) is 11.6 Å². The van der Waals surface area contributed by atoms with E-state index < -0.39 is 17.8 Å². The number of nitrogens with zero attached hydrogens (tertiary/aromatic N) is 1. The molecule has 0 atom stereocenters. The minimum atomic E-state index is -2.73. The molecule has 12 heavy (non-hydrogen) atoms. The Hall–Kier alpha value is -0.0400. The van der Waals surface area contributed by atoms with Crippen LogP contribution in [0.1, 0.15) is 12.0 Å². The summed E-state index contributed by atoms with van der Waals surface area (Å²) in [6.45, 7) is 0. The lowest BCUT2D eigenvalue weighted by Gasteiger charge is -2.03. The van der Waals surface area contributed by atoms with Crippen molar-refractivity contribution in [2.75, 3.05) is 0 Å². The van der Waals surface area contributed by atoms with E-state index in [9.17, 15) is 13.2 Å². The van der Waals surface area contributed by atoms with E-state index >= 15 is 0 Å². The van der Waals surface area contributed by atoms with Gasteiger partial charge in [-0.25, -0.2) is 18.2 Å². The summed E-state index contributed by atoms with van der Waals surface area (Å²) in [6, 6.07) is 0. The van der Waals surface area contributed by atoms with Crippen LogP contribution in [0, 0.1) is 9.39 Å². The summed E-state index contributed by atoms with van der Waals surface area (Å²) in [6.07, 6.45) is -1.85. The molecule has 0 unspecified atom stereocenters. The molecule has 1 nitrogen and oxygen atoms in total. The largest absolute Gasteiger partial charge is 0.266 e. The first-order valence-electron chi connectivity index (χ1n) is 2.81. The van der Waals surface area contributed by atoms with Gasteiger partial charge in [-0.2, -0.15) is 0 Å². The van der Waals surface area contributed by atoms with Crippen molar-refractivity contribution in [1.82, 2.24) is 4.98 Å². The highest BCUT2D eigenvalue weighted by Gasteiger charge is 2.17. The molecule has 0 aliphatic rings. The molecule has 6 heteroatoms. The SMILES string of the molecule is Fc1c(Cl)ncc(C(F)F)c1I. The van der Waals surface area contributed by atoms with Crippen molar-refractivity contribution in [2.45, 2.75) is 6.43 Å². The Bertz CT molecular complexity index is 305. The normalized spacial score (nSPS) is 10.8. The first-order valence-corrected chi connectivity index (χ1v) is 4.27. The first kappa shape index (κ1) is 10.0. The highest BCUT2D eigenvalue weighted by atomic mass is 127. The molecule has 0 N–H and O–H groups in total. The van der Waals surface area contributed by atoms with Gasteiger partial charge in [-0.05, 0) is 22.6 Å². The van der Waals surface area contributed by atoms with Gasteiger partial charge >= 0.3 is 0 Å². The van der Waals surface area contributed by atoms with Crippen LogP contribution < -0.4 is 0 Å². The predicted octanol–water partition coefficient (Wildman–Crippen LogP) is 3.42. The van der Waals surface area contributed by atoms with Crippen LogP contribution in [0.5, 0.6) is 0 Å². The number of alkyl halides is 2. The van der Waals surface area contributed by atoms with Crippen molar-refractivity contribution >= 4 is 34.2 Å². The van der Waals surface area contributed by atoms with Crippen molar-refractivity contribution in [2.24, 2.45) is 0 Å². The van der Waals surface area contributed by atoms with Gasteiger partial charge in [0.25, 0.3) is 6.43 Å². The third-order valence-electron chi connectivity index (χ3n) is 1.18. The molecule has 0 aliphatic carbocycles. The van der Waals surface area contributed by atoms with E-state index in [1.807, 2.05) is 0 Å². The fourth-order valence-electron chi connectivity index (χ4n) is 0.609. The van der Waals surface area contributed by atoms with Crippen molar-refractivity contribution in [3.05, 3.63) is 26.3 Å². The smallest absolute Gasteiger partial charge is 0.241 e. The number of pyridine rings is 1. The Kier molecular flexibility index (Phi) is 3.16. The minimum absolute atomic E-state index is 0.178. The summed E-state index contributed by atoms with van der Waals surface area (Å²) in [5, 5.41) is -0.385. The van der Waals surface area contributed by atoms with Gasteiger partial charge in [0.1, 0.15) is 0 Å². The van der Waals surface area contributed by atoms with Gasteiger partial charge in [0.2, 0.25) is 0 Å². The summed E-state index contributed by atoms with van der Waals surface area (Å²) in [5.74, 6) is -0.893. The lowest BCUT2D eigenvalue weighted by Crippen LogP contribution is -1.96. The van der Waals surface area contributed by atoms with Gasteiger partial charge in [0.05, 0.1) is 9.13 Å². The maximum atomic E-state index is 12.8. The molecule has 0 spiro atoms. The monoisotopic (exact) mass is 307 g/mol. The fraction of sp³-hybridized carbons (Fsp3) is 0.167. The second-order valence-corrected chi connectivity index (χ2v) is 3.37. The molecule has 1 aromatic rings. The van der Waals surface area contributed by atoms with E-state index in [-0.39, 0.29) is 8.72 Å². The lowest BCUT2D eigenvalue weighted by molar-refractivity contribution is 0.149. The third kappa shape index (κ3) is 1.82. The molecule has 0 saturated heterocycles. The van der Waals surface area contributed by atoms with Gasteiger partial charge in [-0.3, -0.25) is 0 Å². The molecule has 1 rings (SSSR count). The Morgan fingerprint density at radius 2 is 2.08 bits per heavy atom. The zero-order chi connectivity index (χ0) is 9.30. The van der Waals surface area contributed by atoms with E-state index in [0.717, 1.165) is 6.20 Å². The maximum absolute atomic E-state index is 12.8. The zero-order valence-corrected chi connectivity index (χ0v) is 8.41.